The van der Waals surface area contributed by atoms with Crippen molar-refractivity contribution in [3.05, 3.63) is 29.8 Å². The Morgan fingerprint density at radius 2 is 2.07 bits per heavy atom. The second kappa shape index (κ2) is 5.14. The molecule has 0 spiro atoms. The van der Waals surface area contributed by atoms with Crippen LogP contribution < -0.4 is 10.5 Å². The van der Waals surface area contributed by atoms with Crippen molar-refractivity contribution in [2.75, 3.05) is 13.4 Å². The highest BCUT2D eigenvalue weighted by molar-refractivity contribution is 5.32. The molecule has 2 N–H and O–H groups in total. The van der Waals surface area contributed by atoms with E-state index < -0.39 is 0 Å². The van der Waals surface area contributed by atoms with Crippen LogP contribution >= 0.6 is 0 Å². The molecule has 0 aliphatic heterocycles. The first kappa shape index (κ1) is 10.5. The number of para-hydroxylation sites is 1. The van der Waals surface area contributed by atoms with Crippen LogP contribution in [0.1, 0.15) is 18.4 Å². The van der Waals surface area contributed by atoms with Gasteiger partial charge in [-0.2, -0.15) is 0 Å². The summed E-state index contributed by atoms with van der Waals surface area (Å²) in [5, 5.41) is 0. The molecule has 1 saturated carbocycles. The minimum absolute atomic E-state index is 0.327. The van der Waals surface area contributed by atoms with Gasteiger partial charge in [0.15, 0.2) is 6.79 Å². The Labute approximate surface area is 90.2 Å². The summed E-state index contributed by atoms with van der Waals surface area (Å²) < 4.78 is 10.9. The number of hydrogen-bond donors (Lipinski definition) is 1. The van der Waals surface area contributed by atoms with Gasteiger partial charge in [-0.1, -0.05) is 18.2 Å². The molecule has 1 aliphatic carbocycles. The summed E-state index contributed by atoms with van der Waals surface area (Å²) >= 11 is 0. The van der Waals surface area contributed by atoms with Gasteiger partial charge in [-0.3, -0.25) is 0 Å². The molecule has 1 fully saturated rings. The quantitative estimate of drug-likeness (QED) is 0.572. The van der Waals surface area contributed by atoms with Crippen molar-refractivity contribution in [2.45, 2.75) is 19.4 Å². The first-order valence-electron chi connectivity index (χ1n) is 5.38. The zero-order valence-corrected chi connectivity index (χ0v) is 8.82. The molecular formula is C12H17NO2. The van der Waals surface area contributed by atoms with Crippen LogP contribution in [0.4, 0.5) is 0 Å². The molecule has 2 rings (SSSR count). The van der Waals surface area contributed by atoms with E-state index in [2.05, 4.69) is 0 Å². The molecule has 3 heteroatoms. The second-order valence-corrected chi connectivity index (χ2v) is 3.89. The molecule has 1 aromatic rings. The molecule has 3 nitrogen and oxygen atoms in total. The van der Waals surface area contributed by atoms with E-state index in [0.29, 0.717) is 13.3 Å². The highest BCUT2D eigenvalue weighted by Crippen LogP contribution is 2.28. The predicted molar refractivity (Wildman–Crippen MR) is 58.5 cm³/mol. The lowest BCUT2D eigenvalue weighted by atomic mass is 10.2. The average molecular weight is 207 g/mol. The number of hydrogen-bond acceptors (Lipinski definition) is 3. The minimum Gasteiger partial charge on any atom is -0.467 e. The van der Waals surface area contributed by atoms with Crippen LogP contribution in [0.15, 0.2) is 24.3 Å². The maximum absolute atomic E-state index is 5.59. The van der Waals surface area contributed by atoms with Gasteiger partial charge in [0.1, 0.15) is 5.75 Å². The maximum atomic E-state index is 5.59. The van der Waals surface area contributed by atoms with E-state index in [1.54, 1.807) is 0 Å². The van der Waals surface area contributed by atoms with E-state index in [4.69, 9.17) is 15.2 Å². The summed E-state index contributed by atoms with van der Waals surface area (Å²) in [4.78, 5) is 0. The van der Waals surface area contributed by atoms with Crippen LogP contribution in [0, 0.1) is 5.92 Å². The third-order valence-electron chi connectivity index (χ3n) is 2.54. The lowest BCUT2D eigenvalue weighted by Crippen LogP contribution is -2.07. The minimum atomic E-state index is 0.327. The van der Waals surface area contributed by atoms with Crippen LogP contribution in [-0.2, 0) is 11.3 Å². The Bertz CT molecular complexity index is 310. The summed E-state index contributed by atoms with van der Waals surface area (Å²) in [5.74, 6) is 1.61. The molecular weight excluding hydrogens is 190 g/mol. The smallest absolute Gasteiger partial charge is 0.189 e. The molecule has 0 unspecified atom stereocenters. The van der Waals surface area contributed by atoms with Crippen LogP contribution in [0.5, 0.6) is 5.75 Å². The lowest BCUT2D eigenvalue weighted by Gasteiger charge is -2.10. The summed E-state index contributed by atoms with van der Waals surface area (Å²) in [6, 6.07) is 7.79. The van der Waals surface area contributed by atoms with Gasteiger partial charge in [0.2, 0.25) is 0 Å². The third kappa shape index (κ3) is 3.22. The van der Waals surface area contributed by atoms with Crippen molar-refractivity contribution in [2.24, 2.45) is 11.7 Å². The number of ether oxygens (including phenoxy) is 2. The Kier molecular flexibility index (Phi) is 3.59. The molecule has 82 valence electrons. The van der Waals surface area contributed by atoms with Crippen molar-refractivity contribution in [3.63, 3.8) is 0 Å². The molecule has 0 bridgehead atoms. The zero-order chi connectivity index (χ0) is 10.5. The first-order valence-corrected chi connectivity index (χ1v) is 5.38. The van der Waals surface area contributed by atoms with Crippen LogP contribution in [0.3, 0.4) is 0 Å². The molecule has 0 heterocycles. The second-order valence-electron chi connectivity index (χ2n) is 3.89. The van der Waals surface area contributed by atoms with Gasteiger partial charge >= 0.3 is 0 Å². The van der Waals surface area contributed by atoms with Gasteiger partial charge in [-0.15, -0.1) is 0 Å². The zero-order valence-electron chi connectivity index (χ0n) is 8.82. The average Bonchev–Trinajstić information content (AvgIpc) is 3.09. The SMILES string of the molecule is NCc1ccccc1OCOCC1CC1. The number of benzene rings is 1. The lowest BCUT2D eigenvalue weighted by molar-refractivity contribution is 0.00948. The normalized spacial score (nSPS) is 15.3. The molecule has 0 saturated heterocycles. The van der Waals surface area contributed by atoms with E-state index in [-0.39, 0.29) is 0 Å². The molecule has 15 heavy (non-hydrogen) atoms. The van der Waals surface area contributed by atoms with E-state index in [9.17, 15) is 0 Å². The number of nitrogens with two attached hydrogens (primary N) is 1. The Balaban J connectivity index is 1.75. The maximum Gasteiger partial charge on any atom is 0.189 e. The molecule has 0 radical (unpaired) electrons. The van der Waals surface area contributed by atoms with Crippen molar-refractivity contribution in [1.29, 1.82) is 0 Å². The van der Waals surface area contributed by atoms with Gasteiger partial charge in [0.25, 0.3) is 0 Å². The van der Waals surface area contributed by atoms with Crippen LogP contribution in [-0.4, -0.2) is 13.4 Å². The molecule has 0 amide bonds. The highest BCUT2D eigenvalue weighted by atomic mass is 16.7. The Morgan fingerprint density at radius 1 is 1.27 bits per heavy atom. The van der Waals surface area contributed by atoms with Crippen molar-refractivity contribution in [3.8, 4) is 5.75 Å². The van der Waals surface area contributed by atoms with E-state index >= 15 is 0 Å². The van der Waals surface area contributed by atoms with Gasteiger partial charge in [0.05, 0.1) is 6.61 Å². The fourth-order valence-electron chi connectivity index (χ4n) is 1.42. The fraction of sp³-hybridized carbons (Fsp3) is 0.500. The summed E-state index contributed by atoms with van der Waals surface area (Å²) in [7, 11) is 0. The highest BCUT2D eigenvalue weighted by Gasteiger charge is 2.21. The van der Waals surface area contributed by atoms with Gasteiger partial charge in [-0.25, -0.2) is 0 Å². The van der Waals surface area contributed by atoms with Crippen molar-refractivity contribution >= 4 is 0 Å². The Morgan fingerprint density at radius 3 is 2.80 bits per heavy atom. The topological polar surface area (TPSA) is 44.5 Å². The standard InChI is InChI=1S/C12H17NO2/c13-7-11-3-1-2-4-12(11)15-9-14-8-10-5-6-10/h1-4,10H,5-9,13H2. The summed E-state index contributed by atoms with van der Waals surface area (Å²) in [6.45, 7) is 1.65. The first-order chi connectivity index (χ1) is 7.40. The van der Waals surface area contributed by atoms with Crippen LogP contribution in [0.2, 0.25) is 0 Å². The third-order valence-corrected chi connectivity index (χ3v) is 2.54. The monoisotopic (exact) mass is 207 g/mol. The fourth-order valence-corrected chi connectivity index (χ4v) is 1.42. The predicted octanol–water partition coefficient (Wildman–Crippen LogP) is 1.91. The van der Waals surface area contributed by atoms with Crippen molar-refractivity contribution < 1.29 is 9.47 Å². The van der Waals surface area contributed by atoms with E-state index in [1.807, 2.05) is 24.3 Å². The molecule has 0 atom stereocenters. The van der Waals surface area contributed by atoms with E-state index in [1.165, 1.54) is 12.8 Å². The van der Waals surface area contributed by atoms with Gasteiger partial charge in [-0.05, 0) is 24.8 Å². The summed E-state index contributed by atoms with van der Waals surface area (Å²) in [6.07, 6.45) is 2.61. The van der Waals surface area contributed by atoms with E-state index in [0.717, 1.165) is 23.8 Å². The Hall–Kier alpha value is -1.06. The summed E-state index contributed by atoms with van der Waals surface area (Å²) in [5.41, 5.74) is 6.61. The number of rotatable bonds is 6. The molecule has 1 aromatic carbocycles. The molecule has 0 aromatic heterocycles. The largest absolute Gasteiger partial charge is 0.467 e. The van der Waals surface area contributed by atoms with Gasteiger partial charge in [0, 0.05) is 12.1 Å². The van der Waals surface area contributed by atoms with Crippen LogP contribution in [0.25, 0.3) is 0 Å². The van der Waals surface area contributed by atoms with Crippen molar-refractivity contribution in [1.82, 2.24) is 0 Å². The molecule has 1 aliphatic rings. The van der Waals surface area contributed by atoms with Gasteiger partial charge < -0.3 is 15.2 Å².